The fourth-order valence-electron chi connectivity index (χ4n) is 2.44. The SMILES string of the molecule is Cc1cc(OCC(O)CN(CCO)CCO)nc2nc(N)ccc12. The highest BCUT2D eigenvalue weighted by molar-refractivity contribution is 5.80. The average Bonchev–Trinajstić information content (AvgIpc) is 2.53. The Balaban J connectivity index is 1.99. The lowest BCUT2D eigenvalue weighted by molar-refractivity contribution is 0.0540. The maximum atomic E-state index is 10.1. The Morgan fingerprint density at radius 3 is 2.58 bits per heavy atom. The molecule has 5 N–H and O–H groups in total. The molecule has 2 aromatic rings. The number of hydrogen-bond acceptors (Lipinski definition) is 8. The number of nitrogens with two attached hydrogens (primary N) is 1. The van der Waals surface area contributed by atoms with Gasteiger partial charge in [-0.3, -0.25) is 4.90 Å². The molecule has 0 amide bonds. The van der Waals surface area contributed by atoms with Crippen molar-refractivity contribution in [3.05, 3.63) is 23.8 Å². The van der Waals surface area contributed by atoms with Crippen molar-refractivity contribution in [1.29, 1.82) is 0 Å². The molecular weight excluding hydrogens is 312 g/mol. The van der Waals surface area contributed by atoms with Gasteiger partial charge in [0.05, 0.1) is 13.2 Å². The summed E-state index contributed by atoms with van der Waals surface area (Å²) in [6.45, 7) is 2.96. The van der Waals surface area contributed by atoms with Crippen LogP contribution in [0.15, 0.2) is 18.2 Å². The Kier molecular flexibility index (Phi) is 6.68. The molecule has 8 nitrogen and oxygen atoms in total. The molecule has 0 radical (unpaired) electrons. The second-order valence-corrected chi connectivity index (χ2v) is 5.60. The second-order valence-electron chi connectivity index (χ2n) is 5.60. The molecule has 0 aromatic carbocycles. The summed E-state index contributed by atoms with van der Waals surface area (Å²) in [5, 5.41) is 28.9. The number of nitrogen functional groups attached to an aromatic ring is 1. The fraction of sp³-hybridized carbons (Fsp3) is 0.500. The van der Waals surface area contributed by atoms with Gasteiger partial charge in [-0.2, -0.15) is 4.98 Å². The van der Waals surface area contributed by atoms with E-state index in [1.165, 1.54) is 0 Å². The Labute approximate surface area is 140 Å². The zero-order chi connectivity index (χ0) is 17.5. The van der Waals surface area contributed by atoms with Crippen LogP contribution < -0.4 is 10.5 Å². The van der Waals surface area contributed by atoms with Crippen LogP contribution in [0.2, 0.25) is 0 Å². The van der Waals surface area contributed by atoms with Crippen LogP contribution in [0.1, 0.15) is 5.56 Å². The van der Waals surface area contributed by atoms with E-state index < -0.39 is 6.10 Å². The molecule has 2 heterocycles. The predicted molar refractivity (Wildman–Crippen MR) is 90.8 cm³/mol. The first-order valence-corrected chi connectivity index (χ1v) is 7.82. The number of aliphatic hydroxyl groups excluding tert-OH is 3. The van der Waals surface area contributed by atoms with Crippen LogP contribution in [0, 0.1) is 6.92 Å². The number of fused-ring (bicyclic) bond motifs is 1. The van der Waals surface area contributed by atoms with Crippen LogP contribution in [0.5, 0.6) is 5.88 Å². The third-order valence-electron chi connectivity index (χ3n) is 3.60. The molecule has 0 spiro atoms. The number of anilines is 1. The first-order valence-electron chi connectivity index (χ1n) is 7.82. The summed E-state index contributed by atoms with van der Waals surface area (Å²) in [6.07, 6.45) is -0.769. The van der Waals surface area contributed by atoms with Crippen molar-refractivity contribution < 1.29 is 20.1 Å². The maximum Gasteiger partial charge on any atom is 0.215 e. The Hall–Kier alpha value is -2.00. The van der Waals surface area contributed by atoms with Gasteiger partial charge in [-0.1, -0.05) is 0 Å². The average molecular weight is 336 g/mol. The van der Waals surface area contributed by atoms with Gasteiger partial charge in [-0.25, -0.2) is 4.98 Å². The monoisotopic (exact) mass is 336 g/mol. The van der Waals surface area contributed by atoms with E-state index in [1.54, 1.807) is 17.0 Å². The molecule has 0 saturated heterocycles. The number of aliphatic hydroxyl groups is 3. The van der Waals surface area contributed by atoms with Gasteiger partial charge in [-0.15, -0.1) is 0 Å². The van der Waals surface area contributed by atoms with Crippen LogP contribution in [-0.2, 0) is 0 Å². The van der Waals surface area contributed by atoms with E-state index in [4.69, 9.17) is 20.7 Å². The molecule has 1 unspecified atom stereocenters. The smallest absolute Gasteiger partial charge is 0.215 e. The third kappa shape index (κ3) is 5.00. The van der Waals surface area contributed by atoms with Crippen molar-refractivity contribution >= 4 is 16.9 Å². The summed E-state index contributed by atoms with van der Waals surface area (Å²) in [5.41, 5.74) is 7.14. The lowest BCUT2D eigenvalue weighted by Crippen LogP contribution is -2.38. The largest absolute Gasteiger partial charge is 0.475 e. The summed E-state index contributed by atoms with van der Waals surface area (Å²) < 4.78 is 5.56. The minimum atomic E-state index is -0.769. The van der Waals surface area contributed by atoms with E-state index in [1.807, 2.05) is 13.0 Å². The molecule has 0 bridgehead atoms. The number of aromatic nitrogens is 2. The van der Waals surface area contributed by atoms with E-state index in [-0.39, 0.29) is 19.8 Å². The number of ether oxygens (including phenoxy) is 1. The van der Waals surface area contributed by atoms with Gasteiger partial charge < -0.3 is 25.8 Å². The van der Waals surface area contributed by atoms with Crippen molar-refractivity contribution in [2.75, 3.05) is 45.2 Å². The molecule has 0 aliphatic heterocycles. The van der Waals surface area contributed by atoms with E-state index in [0.29, 0.717) is 37.0 Å². The molecule has 24 heavy (non-hydrogen) atoms. The van der Waals surface area contributed by atoms with Gasteiger partial charge in [0, 0.05) is 31.1 Å². The molecule has 0 aliphatic carbocycles. The highest BCUT2D eigenvalue weighted by Crippen LogP contribution is 2.21. The summed E-state index contributed by atoms with van der Waals surface area (Å²) in [4.78, 5) is 10.2. The lowest BCUT2D eigenvalue weighted by Gasteiger charge is -2.23. The van der Waals surface area contributed by atoms with E-state index in [0.717, 1.165) is 10.9 Å². The van der Waals surface area contributed by atoms with Crippen LogP contribution in [0.3, 0.4) is 0 Å². The van der Waals surface area contributed by atoms with Gasteiger partial charge >= 0.3 is 0 Å². The Bertz CT molecular complexity index is 662. The minimum absolute atomic E-state index is 0.0356. The van der Waals surface area contributed by atoms with Crippen LogP contribution in [0.25, 0.3) is 11.0 Å². The first-order chi connectivity index (χ1) is 11.5. The van der Waals surface area contributed by atoms with E-state index in [9.17, 15) is 5.11 Å². The van der Waals surface area contributed by atoms with Gasteiger partial charge in [0.15, 0.2) is 5.65 Å². The third-order valence-corrected chi connectivity index (χ3v) is 3.60. The lowest BCUT2D eigenvalue weighted by atomic mass is 10.2. The summed E-state index contributed by atoms with van der Waals surface area (Å²) >= 11 is 0. The van der Waals surface area contributed by atoms with Crippen molar-refractivity contribution in [1.82, 2.24) is 14.9 Å². The van der Waals surface area contributed by atoms with Crippen LogP contribution >= 0.6 is 0 Å². The van der Waals surface area contributed by atoms with Crippen LogP contribution in [0.4, 0.5) is 5.82 Å². The molecule has 0 fully saturated rings. The topological polar surface area (TPSA) is 125 Å². The summed E-state index contributed by atoms with van der Waals surface area (Å²) in [6, 6.07) is 5.37. The number of hydrogen-bond donors (Lipinski definition) is 4. The van der Waals surface area contributed by atoms with Crippen molar-refractivity contribution in [3.63, 3.8) is 0 Å². The number of pyridine rings is 2. The van der Waals surface area contributed by atoms with Crippen LogP contribution in [-0.4, -0.2) is 75.7 Å². The van der Waals surface area contributed by atoms with Gasteiger partial charge in [-0.05, 0) is 24.6 Å². The summed E-state index contributed by atoms with van der Waals surface area (Å²) in [5.74, 6) is 0.753. The van der Waals surface area contributed by atoms with Crippen molar-refractivity contribution in [2.45, 2.75) is 13.0 Å². The summed E-state index contributed by atoms with van der Waals surface area (Å²) in [7, 11) is 0. The Morgan fingerprint density at radius 1 is 1.21 bits per heavy atom. The first kappa shape index (κ1) is 18.3. The molecule has 1 atom stereocenters. The molecule has 2 aromatic heterocycles. The fourth-order valence-corrected chi connectivity index (χ4v) is 2.44. The maximum absolute atomic E-state index is 10.1. The molecule has 8 heteroatoms. The second kappa shape index (κ2) is 8.74. The number of nitrogens with zero attached hydrogens (tertiary/aromatic N) is 3. The quantitative estimate of drug-likeness (QED) is 0.485. The molecule has 132 valence electrons. The van der Waals surface area contributed by atoms with Gasteiger partial charge in [0.2, 0.25) is 5.88 Å². The number of aryl methyl sites for hydroxylation is 1. The minimum Gasteiger partial charge on any atom is -0.475 e. The van der Waals surface area contributed by atoms with Gasteiger partial charge in [0.25, 0.3) is 0 Å². The molecule has 0 aliphatic rings. The van der Waals surface area contributed by atoms with Gasteiger partial charge in [0.1, 0.15) is 18.5 Å². The Morgan fingerprint density at radius 2 is 1.92 bits per heavy atom. The van der Waals surface area contributed by atoms with Crippen molar-refractivity contribution in [2.24, 2.45) is 0 Å². The molecular formula is C16H24N4O4. The zero-order valence-electron chi connectivity index (χ0n) is 13.7. The normalized spacial score (nSPS) is 12.7. The highest BCUT2D eigenvalue weighted by Gasteiger charge is 2.13. The molecule has 2 rings (SSSR count). The van der Waals surface area contributed by atoms with E-state index in [2.05, 4.69) is 9.97 Å². The van der Waals surface area contributed by atoms with Crippen molar-refractivity contribution in [3.8, 4) is 5.88 Å². The standard InChI is InChI=1S/C16H24N4O4/c1-11-8-15(19-16-13(11)2-3-14(17)18-16)24-10-12(23)9-20(4-6-21)5-7-22/h2-3,8,12,21-23H,4-7,9-10H2,1H3,(H2,17,18,19). The zero-order valence-corrected chi connectivity index (χ0v) is 13.7. The molecule has 0 saturated carbocycles. The highest BCUT2D eigenvalue weighted by atomic mass is 16.5. The number of rotatable bonds is 9. The van der Waals surface area contributed by atoms with E-state index >= 15 is 0 Å². The predicted octanol–water partition coefficient (Wildman–Crippen LogP) is -0.453.